The lowest BCUT2D eigenvalue weighted by Gasteiger charge is -2.24. The Morgan fingerprint density at radius 2 is 1.22 bits per heavy atom. The fourth-order valence-electron chi connectivity index (χ4n) is 2.13. The van der Waals surface area contributed by atoms with Crippen molar-refractivity contribution in [1.29, 1.82) is 0 Å². The van der Waals surface area contributed by atoms with E-state index in [0.29, 0.717) is 0 Å². The average Bonchev–Trinajstić information content (AvgIpc) is 2.47. The zero-order valence-electron chi connectivity index (χ0n) is 18.3. The maximum Gasteiger partial charge on any atom is 0.311 e. The minimum Gasteiger partial charge on any atom is -0.460 e. The molecule has 27 heavy (non-hydrogen) atoms. The van der Waals surface area contributed by atoms with Gasteiger partial charge in [-0.3, -0.25) is 9.59 Å². The smallest absolute Gasteiger partial charge is 0.311 e. The van der Waals surface area contributed by atoms with Crippen molar-refractivity contribution in [2.24, 2.45) is 10.8 Å². The van der Waals surface area contributed by atoms with Crippen LogP contribution in [0.1, 0.15) is 73.4 Å². The van der Waals surface area contributed by atoms with E-state index in [-0.39, 0.29) is 30.7 Å². The summed E-state index contributed by atoms with van der Waals surface area (Å²) < 4.78 is 10.9. The Hall–Kier alpha value is -2.04. The van der Waals surface area contributed by atoms with Crippen molar-refractivity contribution < 1.29 is 19.1 Å². The first-order valence-electron chi connectivity index (χ1n) is 9.34. The number of esters is 2. The van der Waals surface area contributed by atoms with Crippen molar-refractivity contribution in [3.8, 4) is 0 Å². The molecule has 152 valence electrons. The average molecular weight is 378 g/mol. The largest absolute Gasteiger partial charge is 0.460 e. The molecule has 5 nitrogen and oxygen atoms in total. The molecule has 0 spiro atoms. The molecule has 0 saturated carbocycles. The zero-order valence-corrected chi connectivity index (χ0v) is 18.3. The van der Waals surface area contributed by atoms with Crippen LogP contribution in [-0.2, 0) is 32.3 Å². The quantitative estimate of drug-likeness (QED) is 0.725. The van der Waals surface area contributed by atoms with E-state index in [4.69, 9.17) is 9.47 Å². The second-order valence-corrected chi connectivity index (χ2v) is 10.0. The van der Waals surface area contributed by atoms with Crippen LogP contribution in [0.5, 0.6) is 0 Å². The van der Waals surface area contributed by atoms with E-state index in [0.717, 1.165) is 16.8 Å². The van der Waals surface area contributed by atoms with Gasteiger partial charge >= 0.3 is 11.9 Å². The lowest BCUT2D eigenvalue weighted by molar-refractivity contribution is -0.155. The summed E-state index contributed by atoms with van der Waals surface area (Å²) in [5.74, 6) is -0.536. The molecule has 0 bridgehead atoms. The molecule has 1 rings (SSSR count). The van der Waals surface area contributed by atoms with E-state index >= 15 is 0 Å². The van der Waals surface area contributed by atoms with Crippen molar-refractivity contribution in [3.05, 3.63) is 29.3 Å². The van der Waals surface area contributed by atoms with E-state index < -0.39 is 10.8 Å². The summed E-state index contributed by atoms with van der Waals surface area (Å²) in [5, 5.41) is 3.41. The second kappa shape index (κ2) is 8.32. The monoisotopic (exact) mass is 377 g/mol. The fraction of sp³-hybridized carbons (Fsp3) is 0.636. The number of benzene rings is 1. The molecule has 0 amide bonds. The van der Waals surface area contributed by atoms with Crippen LogP contribution in [-0.4, -0.2) is 17.5 Å². The second-order valence-electron chi connectivity index (χ2n) is 10.0. The maximum absolute atomic E-state index is 12.1. The van der Waals surface area contributed by atoms with Gasteiger partial charge in [0.25, 0.3) is 0 Å². The third kappa shape index (κ3) is 8.02. The molecule has 0 aliphatic carbocycles. The summed E-state index contributed by atoms with van der Waals surface area (Å²) in [6.45, 7) is 17.4. The summed E-state index contributed by atoms with van der Waals surface area (Å²) in [4.78, 5) is 24.2. The van der Waals surface area contributed by atoms with Crippen LogP contribution in [0.25, 0.3) is 0 Å². The molecule has 0 aliphatic rings. The van der Waals surface area contributed by atoms with Crippen molar-refractivity contribution in [1.82, 2.24) is 0 Å². The van der Waals surface area contributed by atoms with Crippen LogP contribution in [0, 0.1) is 10.8 Å². The van der Waals surface area contributed by atoms with E-state index in [9.17, 15) is 9.59 Å². The highest BCUT2D eigenvalue weighted by Gasteiger charge is 2.25. The Morgan fingerprint density at radius 3 is 1.63 bits per heavy atom. The van der Waals surface area contributed by atoms with Crippen LogP contribution in [0.15, 0.2) is 18.2 Å². The van der Waals surface area contributed by atoms with E-state index in [1.165, 1.54) is 0 Å². The third-order valence-electron chi connectivity index (χ3n) is 3.67. The Morgan fingerprint density at radius 1 is 0.778 bits per heavy atom. The molecule has 0 heterocycles. The van der Waals surface area contributed by atoms with Gasteiger partial charge < -0.3 is 14.8 Å². The molecular weight excluding hydrogens is 342 g/mol. The standard InChI is InChI=1S/C22H35NO4/c1-20(2,3)18(24)26-13-15-10-11-17(23-22(7,8)9)12-16(15)14-27-19(25)21(4,5)6/h10-12,23H,13-14H2,1-9H3. The predicted octanol–water partition coefficient (Wildman–Crippen LogP) is 5.08. The van der Waals surface area contributed by atoms with Crippen molar-refractivity contribution >= 4 is 17.6 Å². The molecule has 0 fully saturated rings. The molecule has 5 heteroatoms. The van der Waals surface area contributed by atoms with Crippen LogP contribution in [0.4, 0.5) is 5.69 Å². The van der Waals surface area contributed by atoms with Gasteiger partial charge in [-0.15, -0.1) is 0 Å². The number of carbonyl (C=O) groups excluding carboxylic acids is 2. The first kappa shape index (κ1) is 23.0. The predicted molar refractivity (Wildman–Crippen MR) is 108 cm³/mol. The zero-order chi connectivity index (χ0) is 21.0. The topological polar surface area (TPSA) is 64.6 Å². The molecule has 1 N–H and O–H groups in total. The summed E-state index contributed by atoms with van der Waals surface area (Å²) >= 11 is 0. The highest BCUT2D eigenvalue weighted by molar-refractivity contribution is 5.76. The highest BCUT2D eigenvalue weighted by Crippen LogP contribution is 2.24. The van der Waals surface area contributed by atoms with Gasteiger partial charge in [-0.05, 0) is 85.6 Å². The molecule has 0 aromatic heterocycles. The normalized spacial score (nSPS) is 12.5. The number of anilines is 1. The molecule has 1 aromatic carbocycles. The van der Waals surface area contributed by atoms with Gasteiger partial charge in [0.1, 0.15) is 13.2 Å². The lowest BCUT2D eigenvalue weighted by Crippen LogP contribution is -2.26. The number of nitrogens with one attached hydrogen (secondary N) is 1. The van der Waals surface area contributed by atoms with Gasteiger partial charge in [-0.2, -0.15) is 0 Å². The number of hydrogen-bond acceptors (Lipinski definition) is 5. The summed E-state index contributed by atoms with van der Waals surface area (Å²) in [6, 6.07) is 5.80. The van der Waals surface area contributed by atoms with E-state index in [1.54, 1.807) is 0 Å². The minimum atomic E-state index is -0.569. The molecule has 0 saturated heterocycles. The van der Waals surface area contributed by atoms with Gasteiger partial charge in [0, 0.05) is 11.2 Å². The molecule has 0 atom stereocenters. The molecule has 0 aliphatic heterocycles. The summed E-state index contributed by atoms with van der Waals surface area (Å²) in [5.41, 5.74) is 1.35. The number of hydrogen-bond donors (Lipinski definition) is 1. The Balaban J connectivity index is 3.02. The SMILES string of the molecule is CC(C)(C)Nc1ccc(COC(=O)C(C)(C)C)c(COC(=O)C(C)(C)C)c1. The van der Waals surface area contributed by atoms with Crippen LogP contribution in [0.3, 0.4) is 0 Å². The van der Waals surface area contributed by atoms with E-state index in [2.05, 4.69) is 26.1 Å². The van der Waals surface area contributed by atoms with E-state index in [1.807, 2.05) is 59.7 Å². The molecule has 0 unspecified atom stereocenters. The number of rotatable bonds is 5. The van der Waals surface area contributed by atoms with Crippen molar-refractivity contribution in [2.75, 3.05) is 5.32 Å². The molecule has 0 radical (unpaired) electrons. The Kier molecular flexibility index (Phi) is 7.09. The van der Waals surface area contributed by atoms with Crippen molar-refractivity contribution in [2.45, 2.75) is 81.1 Å². The number of carbonyl (C=O) groups is 2. The van der Waals surface area contributed by atoms with Gasteiger partial charge in [-0.1, -0.05) is 6.07 Å². The minimum absolute atomic E-state index is 0.0976. The van der Waals surface area contributed by atoms with Gasteiger partial charge in [0.15, 0.2) is 0 Å². The van der Waals surface area contributed by atoms with Gasteiger partial charge in [0.2, 0.25) is 0 Å². The third-order valence-corrected chi connectivity index (χ3v) is 3.67. The number of ether oxygens (including phenoxy) is 2. The van der Waals surface area contributed by atoms with Gasteiger partial charge in [-0.25, -0.2) is 0 Å². The first-order chi connectivity index (χ1) is 12.1. The highest BCUT2D eigenvalue weighted by atomic mass is 16.5. The first-order valence-corrected chi connectivity index (χ1v) is 9.34. The van der Waals surface area contributed by atoms with Crippen LogP contribution >= 0.6 is 0 Å². The van der Waals surface area contributed by atoms with Crippen LogP contribution < -0.4 is 5.32 Å². The Labute approximate surface area is 163 Å². The fourth-order valence-corrected chi connectivity index (χ4v) is 2.13. The molecule has 1 aromatic rings. The Bertz CT molecular complexity index is 673. The molecular formula is C22H35NO4. The lowest BCUT2D eigenvalue weighted by atomic mass is 9.97. The van der Waals surface area contributed by atoms with Crippen LogP contribution in [0.2, 0.25) is 0 Å². The maximum atomic E-state index is 12.1. The van der Waals surface area contributed by atoms with Crippen molar-refractivity contribution in [3.63, 3.8) is 0 Å². The summed E-state index contributed by atoms with van der Waals surface area (Å²) in [7, 11) is 0. The summed E-state index contributed by atoms with van der Waals surface area (Å²) in [6.07, 6.45) is 0. The van der Waals surface area contributed by atoms with Gasteiger partial charge in [0.05, 0.1) is 10.8 Å².